The maximum Gasteiger partial charge on any atom is 0.229 e. The zero-order valence-electron chi connectivity index (χ0n) is 15.5. The van der Waals surface area contributed by atoms with Crippen molar-refractivity contribution in [1.82, 2.24) is 24.3 Å². The van der Waals surface area contributed by atoms with Crippen molar-refractivity contribution >= 4 is 28.2 Å². The van der Waals surface area contributed by atoms with Crippen LogP contribution in [0.3, 0.4) is 0 Å². The topological polar surface area (TPSA) is 107 Å². The van der Waals surface area contributed by atoms with Gasteiger partial charge in [0.25, 0.3) is 0 Å². The quantitative estimate of drug-likeness (QED) is 0.459. The number of aryl methyl sites for hydroxylation is 1. The number of benzene rings is 1. The molecule has 0 aliphatic carbocycles. The Morgan fingerprint density at radius 3 is 2.89 bits per heavy atom. The molecule has 9 heteroatoms. The molecule has 0 saturated carbocycles. The molecule has 4 aromatic rings. The molecule has 0 spiro atoms. The molecule has 4 rings (SSSR count). The van der Waals surface area contributed by atoms with E-state index in [2.05, 4.69) is 20.4 Å². The van der Waals surface area contributed by atoms with Gasteiger partial charge in [-0.3, -0.25) is 9.25 Å². The molecule has 0 aliphatic rings. The summed E-state index contributed by atoms with van der Waals surface area (Å²) in [6.45, 7) is 3.99. The van der Waals surface area contributed by atoms with Crippen molar-refractivity contribution in [2.75, 3.05) is 11.1 Å². The second kappa shape index (κ2) is 6.93. The van der Waals surface area contributed by atoms with Gasteiger partial charge in [-0.2, -0.15) is 10.1 Å². The molecule has 0 saturated heterocycles. The highest BCUT2D eigenvalue weighted by atomic mass is 19.1. The Bertz CT molecular complexity index is 1150. The second-order valence-corrected chi connectivity index (χ2v) is 6.75. The first-order valence-corrected chi connectivity index (χ1v) is 8.78. The summed E-state index contributed by atoms with van der Waals surface area (Å²) >= 11 is 0. The Hall–Kier alpha value is -3.46. The van der Waals surface area contributed by atoms with Crippen molar-refractivity contribution in [3.8, 4) is 5.82 Å². The van der Waals surface area contributed by atoms with E-state index in [0.29, 0.717) is 17.9 Å². The number of rotatable bonds is 5. The fourth-order valence-electron chi connectivity index (χ4n) is 3.10. The highest BCUT2D eigenvalue weighted by molar-refractivity contribution is 5.87. The van der Waals surface area contributed by atoms with Crippen LogP contribution in [-0.4, -0.2) is 35.5 Å². The Balaban J connectivity index is 1.69. The van der Waals surface area contributed by atoms with Crippen LogP contribution < -0.4 is 11.1 Å². The summed E-state index contributed by atoms with van der Waals surface area (Å²) in [5.74, 6) is -0.163. The van der Waals surface area contributed by atoms with Crippen molar-refractivity contribution in [2.24, 2.45) is 0 Å². The summed E-state index contributed by atoms with van der Waals surface area (Å²) in [5.41, 5.74) is 8.93. The van der Waals surface area contributed by atoms with E-state index in [-0.39, 0.29) is 11.8 Å². The number of anilines is 3. The van der Waals surface area contributed by atoms with Gasteiger partial charge in [0.05, 0.1) is 36.2 Å². The Kier molecular flexibility index (Phi) is 4.44. The number of aliphatic hydroxyl groups is 1. The number of aromatic nitrogens is 5. The molecule has 8 nitrogen and oxygen atoms in total. The predicted molar refractivity (Wildman–Crippen MR) is 105 cm³/mol. The molecule has 0 fully saturated rings. The summed E-state index contributed by atoms with van der Waals surface area (Å²) < 4.78 is 17.8. The smallest absolute Gasteiger partial charge is 0.229 e. The molecule has 3 heterocycles. The van der Waals surface area contributed by atoms with Gasteiger partial charge in [0, 0.05) is 23.5 Å². The molecule has 0 radical (unpaired) electrons. The fourth-order valence-corrected chi connectivity index (χ4v) is 3.10. The molecule has 0 amide bonds. The van der Waals surface area contributed by atoms with Gasteiger partial charge < -0.3 is 16.2 Å². The summed E-state index contributed by atoms with van der Waals surface area (Å²) in [4.78, 5) is 8.36. The third kappa shape index (κ3) is 3.39. The zero-order chi connectivity index (χ0) is 19.8. The van der Waals surface area contributed by atoms with E-state index < -0.39 is 11.9 Å². The van der Waals surface area contributed by atoms with E-state index in [0.717, 1.165) is 22.7 Å². The van der Waals surface area contributed by atoms with E-state index in [1.165, 1.54) is 0 Å². The SMILES string of the molecule is Cc1cn(-c2nc(Nc3cnn(C[C@@H](C)O)c3)ncc2F)c2ccc(N)cc12. The molecule has 0 unspecified atom stereocenters. The molecule has 1 atom stereocenters. The number of hydrogen-bond acceptors (Lipinski definition) is 6. The van der Waals surface area contributed by atoms with E-state index >= 15 is 0 Å². The number of fused-ring (bicyclic) bond motifs is 1. The molecule has 28 heavy (non-hydrogen) atoms. The van der Waals surface area contributed by atoms with E-state index in [1.54, 1.807) is 34.6 Å². The van der Waals surface area contributed by atoms with Gasteiger partial charge in [-0.15, -0.1) is 0 Å². The third-order valence-electron chi connectivity index (χ3n) is 4.32. The minimum Gasteiger partial charge on any atom is -0.399 e. The maximum atomic E-state index is 14.5. The van der Waals surface area contributed by atoms with Crippen LogP contribution in [0.4, 0.5) is 21.7 Å². The first-order chi connectivity index (χ1) is 13.4. The number of nitrogens with zero attached hydrogens (tertiary/aromatic N) is 5. The molecule has 144 valence electrons. The molecular formula is C19H20FN7O. The summed E-state index contributed by atoms with van der Waals surface area (Å²) in [5, 5.41) is 17.5. The van der Waals surface area contributed by atoms with E-state index in [9.17, 15) is 9.50 Å². The molecule has 0 aliphatic heterocycles. The number of aliphatic hydroxyl groups excluding tert-OH is 1. The van der Waals surface area contributed by atoms with E-state index in [4.69, 9.17) is 5.73 Å². The number of nitrogens with one attached hydrogen (secondary N) is 1. The normalized spacial score (nSPS) is 12.4. The molecule has 1 aromatic carbocycles. The lowest BCUT2D eigenvalue weighted by molar-refractivity contribution is 0.168. The van der Waals surface area contributed by atoms with Crippen molar-refractivity contribution in [3.05, 3.63) is 54.4 Å². The molecule has 3 aromatic heterocycles. The van der Waals surface area contributed by atoms with Gasteiger partial charge in [-0.05, 0) is 37.6 Å². The number of hydrogen-bond donors (Lipinski definition) is 3. The second-order valence-electron chi connectivity index (χ2n) is 6.75. The number of nitrogens with two attached hydrogens (primary N) is 1. The Morgan fingerprint density at radius 1 is 1.29 bits per heavy atom. The van der Waals surface area contributed by atoms with Gasteiger partial charge in [0.1, 0.15) is 0 Å². The Labute approximate surface area is 160 Å². The number of halogens is 1. The molecular weight excluding hydrogens is 361 g/mol. The molecule has 4 N–H and O–H groups in total. The van der Waals surface area contributed by atoms with Gasteiger partial charge in [0.15, 0.2) is 11.6 Å². The highest BCUT2D eigenvalue weighted by Gasteiger charge is 2.14. The number of nitrogen functional groups attached to an aromatic ring is 1. The lowest BCUT2D eigenvalue weighted by Gasteiger charge is -2.08. The fraction of sp³-hybridized carbons (Fsp3) is 0.211. The average molecular weight is 381 g/mol. The van der Waals surface area contributed by atoms with Crippen molar-refractivity contribution in [1.29, 1.82) is 0 Å². The van der Waals surface area contributed by atoms with Gasteiger partial charge >= 0.3 is 0 Å². The monoisotopic (exact) mass is 381 g/mol. The van der Waals surface area contributed by atoms with E-state index in [1.807, 2.05) is 25.3 Å². The molecule has 0 bridgehead atoms. The summed E-state index contributed by atoms with van der Waals surface area (Å²) in [7, 11) is 0. The van der Waals surface area contributed by atoms with Crippen molar-refractivity contribution in [3.63, 3.8) is 0 Å². The zero-order valence-corrected chi connectivity index (χ0v) is 15.5. The van der Waals surface area contributed by atoms with Crippen LogP contribution >= 0.6 is 0 Å². The van der Waals surface area contributed by atoms with Crippen LogP contribution in [0.25, 0.3) is 16.7 Å². The van der Waals surface area contributed by atoms with Crippen LogP contribution in [0.5, 0.6) is 0 Å². The lowest BCUT2D eigenvalue weighted by Crippen LogP contribution is -2.11. The standard InChI is InChI=1S/C19H20FN7O/c1-11-8-27(17-4-3-13(21)5-15(11)17)18-16(20)7-22-19(25-18)24-14-6-23-26(10-14)9-12(2)28/h3-8,10,12,28H,9,21H2,1-2H3,(H,22,24,25)/t12-/m1/s1. The predicted octanol–water partition coefficient (Wildman–Crippen LogP) is 2.77. The van der Waals surface area contributed by atoms with Crippen LogP contribution in [0.15, 0.2) is 43.0 Å². The maximum absolute atomic E-state index is 14.5. The van der Waals surface area contributed by atoms with Crippen LogP contribution in [-0.2, 0) is 6.54 Å². The van der Waals surface area contributed by atoms with Crippen LogP contribution in [0, 0.1) is 12.7 Å². The van der Waals surface area contributed by atoms with Crippen molar-refractivity contribution in [2.45, 2.75) is 26.5 Å². The Morgan fingerprint density at radius 2 is 2.11 bits per heavy atom. The minimum absolute atomic E-state index is 0.136. The first kappa shape index (κ1) is 17.9. The largest absolute Gasteiger partial charge is 0.399 e. The van der Waals surface area contributed by atoms with Gasteiger partial charge in [-0.25, -0.2) is 9.37 Å². The van der Waals surface area contributed by atoms with Crippen LogP contribution in [0.2, 0.25) is 0 Å². The summed E-state index contributed by atoms with van der Waals surface area (Å²) in [6, 6.07) is 5.47. The highest BCUT2D eigenvalue weighted by Crippen LogP contribution is 2.27. The third-order valence-corrected chi connectivity index (χ3v) is 4.32. The van der Waals surface area contributed by atoms with Gasteiger partial charge in [0.2, 0.25) is 5.95 Å². The minimum atomic E-state index is -0.538. The first-order valence-electron chi connectivity index (χ1n) is 8.78. The summed E-state index contributed by atoms with van der Waals surface area (Å²) in [6.07, 6.45) is 5.74. The van der Waals surface area contributed by atoms with Crippen molar-refractivity contribution < 1.29 is 9.50 Å². The lowest BCUT2D eigenvalue weighted by atomic mass is 10.2. The van der Waals surface area contributed by atoms with Gasteiger partial charge in [-0.1, -0.05) is 0 Å². The average Bonchev–Trinajstić information content (AvgIpc) is 3.20. The van der Waals surface area contributed by atoms with Crippen LogP contribution in [0.1, 0.15) is 12.5 Å².